The number of allylic oxidation sites excluding steroid dienone is 1. The van der Waals surface area contributed by atoms with E-state index < -0.39 is 0 Å². The van der Waals surface area contributed by atoms with Crippen molar-refractivity contribution in [3.63, 3.8) is 0 Å². The fraction of sp³-hybridized carbons (Fsp3) is 0.118. The Morgan fingerprint density at radius 1 is 1.24 bits per heavy atom. The molecule has 0 spiro atoms. The fourth-order valence-electron chi connectivity index (χ4n) is 1.93. The van der Waals surface area contributed by atoms with Gasteiger partial charge < -0.3 is 10.7 Å². The van der Waals surface area contributed by atoms with Crippen LogP contribution in [0.3, 0.4) is 0 Å². The van der Waals surface area contributed by atoms with Crippen LogP contribution < -0.4 is 5.32 Å². The topological polar surface area (TPSA) is 61.7 Å². The van der Waals surface area contributed by atoms with Gasteiger partial charge >= 0.3 is 0 Å². The van der Waals surface area contributed by atoms with Crippen molar-refractivity contribution in [3.05, 3.63) is 67.3 Å². The van der Waals surface area contributed by atoms with Crippen LogP contribution in [0.5, 0.6) is 0 Å². The molecule has 0 amide bonds. The minimum Gasteiger partial charge on any atom is -0.381 e. The first-order valence-electron chi connectivity index (χ1n) is 6.65. The van der Waals surface area contributed by atoms with Crippen LogP contribution in [0.25, 0.3) is 11.1 Å². The highest BCUT2D eigenvalue weighted by molar-refractivity contribution is 6.10. The molecule has 0 bridgehead atoms. The van der Waals surface area contributed by atoms with Crippen molar-refractivity contribution < 1.29 is 0 Å². The van der Waals surface area contributed by atoms with Gasteiger partial charge in [0.1, 0.15) is 5.82 Å². The minimum absolute atomic E-state index is 0.372. The van der Waals surface area contributed by atoms with Gasteiger partial charge in [-0.2, -0.15) is 0 Å². The molecule has 0 atom stereocenters. The Kier molecular flexibility index (Phi) is 4.61. The van der Waals surface area contributed by atoms with Crippen LogP contribution in [0.15, 0.2) is 55.9 Å². The molecule has 2 N–H and O–H groups in total. The largest absolute Gasteiger partial charge is 0.381 e. The molecule has 21 heavy (non-hydrogen) atoms. The van der Waals surface area contributed by atoms with Crippen LogP contribution in [0, 0.1) is 12.3 Å². The smallest absolute Gasteiger partial charge is 0.125 e. The normalized spacial score (nSPS) is 9.95. The average Bonchev–Trinajstić information content (AvgIpc) is 2.53. The van der Waals surface area contributed by atoms with Gasteiger partial charge in [0, 0.05) is 35.8 Å². The van der Waals surface area contributed by atoms with E-state index in [1.54, 1.807) is 18.5 Å². The van der Waals surface area contributed by atoms with Crippen molar-refractivity contribution in [1.29, 1.82) is 5.41 Å². The van der Waals surface area contributed by atoms with Gasteiger partial charge in [0.15, 0.2) is 0 Å². The van der Waals surface area contributed by atoms with Gasteiger partial charge in [0.05, 0.1) is 5.71 Å². The van der Waals surface area contributed by atoms with Crippen LogP contribution in [0.1, 0.15) is 11.4 Å². The summed E-state index contributed by atoms with van der Waals surface area (Å²) in [5.74, 6) is 0.738. The van der Waals surface area contributed by atoms with E-state index in [0.717, 1.165) is 28.2 Å². The molecule has 0 saturated carbocycles. The van der Waals surface area contributed by atoms with E-state index in [-0.39, 0.29) is 0 Å². The number of nitrogens with one attached hydrogen (secondary N) is 2. The maximum Gasteiger partial charge on any atom is 0.125 e. The van der Waals surface area contributed by atoms with Gasteiger partial charge in [-0.1, -0.05) is 18.7 Å². The summed E-state index contributed by atoms with van der Waals surface area (Å²) in [5, 5.41) is 11.3. The Hall–Kier alpha value is -2.75. The number of rotatable bonds is 6. The van der Waals surface area contributed by atoms with Crippen molar-refractivity contribution in [2.24, 2.45) is 0 Å². The molecule has 2 aromatic rings. The second kappa shape index (κ2) is 6.61. The molecule has 2 rings (SSSR count). The van der Waals surface area contributed by atoms with Crippen LogP contribution in [0.4, 0.5) is 5.69 Å². The number of aromatic nitrogens is 2. The highest BCUT2D eigenvalue weighted by atomic mass is 14.9. The zero-order valence-corrected chi connectivity index (χ0v) is 12.1. The molecule has 4 nitrogen and oxygen atoms in total. The summed E-state index contributed by atoms with van der Waals surface area (Å²) in [5.41, 5.74) is 3.95. The van der Waals surface area contributed by atoms with Gasteiger partial charge in [-0.05, 0) is 30.7 Å². The van der Waals surface area contributed by atoms with Crippen LogP contribution in [0.2, 0.25) is 0 Å². The highest BCUT2D eigenvalue weighted by Gasteiger charge is 2.08. The Morgan fingerprint density at radius 3 is 2.57 bits per heavy atom. The first-order valence-corrected chi connectivity index (χ1v) is 6.65. The molecule has 0 radical (unpaired) electrons. The zero-order chi connectivity index (χ0) is 15.2. The Morgan fingerprint density at radius 2 is 1.95 bits per heavy atom. The third-order valence-electron chi connectivity index (χ3n) is 3.06. The van der Waals surface area contributed by atoms with E-state index >= 15 is 0 Å². The number of hydrogen-bond donors (Lipinski definition) is 2. The number of nitrogens with zero attached hydrogens (tertiary/aromatic N) is 2. The predicted molar refractivity (Wildman–Crippen MR) is 87.9 cm³/mol. The lowest BCUT2D eigenvalue weighted by molar-refractivity contribution is 1.06. The first kappa shape index (κ1) is 14.7. The Labute approximate surface area is 124 Å². The van der Waals surface area contributed by atoms with Crippen molar-refractivity contribution in [1.82, 2.24) is 9.97 Å². The lowest BCUT2D eigenvalue weighted by Gasteiger charge is -2.12. The van der Waals surface area contributed by atoms with Gasteiger partial charge in [-0.15, -0.1) is 6.58 Å². The molecule has 0 aliphatic heterocycles. The van der Waals surface area contributed by atoms with Crippen LogP contribution in [-0.2, 0) is 0 Å². The zero-order valence-electron chi connectivity index (χ0n) is 12.1. The van der Waals surface area contributed by atoms with Crippen molar-refractivity contribution in [2.45, 2.75) is 6.92 Å². The molecule has 0 unspecified atom stereocenters. The number of anilines is 1. The van der Waals surface area contributed by atoms with Gasteiger partial charge in [-0.25, -0.2) is 9.97 Å². The summed E-state index contributed by atoms with van der Waals surface area (Å²) >= 11 is 0. The lowest BCUT2D eigenvalue weighted by atomic mass is 10.0. The van der Waals surface area contributed by atoms with E-state index in [9.17, 15) is 0 Å². The molecule has 0 fully saturated rings. The quantitative estimate of drug-likeness (QED) is 0.627. The molecule has 0 aliphatic carbocycles. The highest BCUT2D eigenvalue weighted by Crippen LogP contribution is 2.25. The summed E-state index contributed by atoms with van der Waals surface area (Å²) in [4.78, 5) is 8.42. The molecule has 106 valence electrons. The lowest BCUT2D eigenvalue weighted by Crippen LogP contribution is -2.05. The number of hydrogen-bond acceptors (Lipinski definition) is 4. The SMILES string of the molecule is C=CCNc1ccc(-c2cnc(C)nc2)cc1C(=N)C=C. The molecular weight excluding hydrogens is 260 g/mol. The predicted octanol–water partition coefficient (Wildman–Crippen LogP) is 3.60. The van der Waals surface area contributed by atoms with E-state index in [1.165, 1.54) is 6.08 Å². The molecule has 1 aromatic heterocycles. The summed E-state index contributed by atoms with van der Waals surface area (Å²) in [6.07, 6.45) is 6.89. The van der Waals surface area contributed by atoms with E-state index in [4.69, 9.17) is 5.41 Å². The third kappa shape index (κ3) is 3.42. The monoisotopic (exact) mass is 278 g/mol. The molecule has 0 saturated heterocycles. The molecular formula is C17H18N4. The molecule has 0 aliphatic rings. The summed E-state index contributed by atoms with van der Waals surface area (Å²) in [6.45, 7) is 9.86. The minimum atomic E-state index is 0.372. The molecule has 4 heteroatoms. The van der Waals surface area contributed by atoms with Crippen molar-refractivity contribution in [2.75, 3.05) is 11.9 Å². The number of aryl methyl sites for hydroxylation is 1. The van der Waals surface area contributed by atoms with Crippen LogP contribution in [-0.4, -0.2) is 22.2 Å². The molecule has 1 heterocycles. The van der Waals surface area contributed by atoms with Gasteiger partial charge in [0.2, 0.25) is 0 Å². The maximum absolute atomic E-state index is 8.03. The Balaban J connectivity index is 2.45. The fourth-order valence-corrected chi connectivity index (χ4v) is 1.93. The third-order valence-corrected chi connectivity index (χ3v) is 3.06. The van der Waals surface area contributed by atoms with E-state index in [0.29, 0.717) is 12.3 Å². The van der Waals surface area contributed by atoms with E-state index in [2.05, 4.69) is 28.4 Å². The van der Waals surface area contributed by atoms with Crippen molar-refractivity contribution >= 4 is 11.4 Å². The summed E-state index contributed by atoms with van der Waals surface area (Å²) in [6, 6.07) is 5.88. The molecule has 1 aromatic carbocycles. The Bertz CT molecular complexity index is 672. The summed E-state index contributed by atoms with van der Waals surface area (Å²) < 4.78 is 0. The second-order valence-corrected chi connectivity index (χ2v) is 4.57. The second-order valence-electron chi connectivity index (χ2n) is 4.57. The van der Waals surface area contributed by atoms with Gasteiger partial charge in [0.25, 0.3) is 0 Å². The van der Waals surface area contributed by atoms with Crippen molar-refractivity contribution in [3.8, 4) is 11.1 Å². The standard InChI is InChI=1S/C17H18N4/c1-4-8-19-17-7-6-13(9-15(17)16(18)5-2)14-10-20-12(3)21-11-14/h4-7,9-11,18-19H,1-2,8H2,3H3. The number of benzene rings is 1. The average molecular weight is 278 g/mol. The summed E-state index contributed by atoms with van der Waals surface area (Å²) in [7, 11) is 0. The van der Waals surface area contributed by atoms with E-state index in [1.807, 2.05) is 25.1 Å². The maximum atomic E-state index is 8.03. The first-order chi connectivity index (χ1) is 10.2. The van der Waals surface area contributed by atoms with Gasteiger partial charge in [-0.3, -0.25) is 0 Å². The van der Waals surface area contributed by atoms with Crippen LogP contribution >= 0.6 is 0 Å².